The molecule has 0 spiro atoms. The van der Waals surface area contributed by atoms with Gasteiger partial charge in [-0.05, 0) is 28.2 Å². The van der Waals surface area contributed by atoms with Crippen LogP contribution in [-0.2, 0) is 13.1 Å². The van der Waals surface area contributed by atoms with Crippen LogP contribution >= 0.6 is 22.6 Å². The standard InChI is InChI=1S/C9H5F4IN2O/c10-3-6-5(1-2-15)7(14)4-16-8(6)17-9(11,12)13/h4H,1,3H2. The summed E-state index contributed by atoms with van der Waals surface area (Å²) in [6.07, 6.45) is -4.03. The Kier molecular flexibility index (Phi) is 4.50. The Labute approximate surface area is 108 Å². The molecule has 0 bridgehead atoms. The second-order valence-electron chi connectivity index (χ2n) is 2.88. The monoisotopic (exact) mass is 360 g/mol. The van der Waals surface area contributed by atoms with Crippen LogP contribution in [0.1, 0.15) is 11.1 Å². The Morgan fingerprint density at radius 1 is 1.41 bits per heavy atom. The number of rotatable bonds is 3. The lowest BCUT2D eigenvalue weighted by molar-refractivity contribution is -0.276. The Hall–Kier alpha value is -1.11. The third-order valence-corrected chi connectivity index (χ3v) is 2.74. The average molecular weight is 360 g/mol. The highest BCUT2D eigenvalue weighted by Crippen LogP contribution is 2.29. The van der Waals surface area contributed by atoms with Crippen LogP contribution in [0, 0.1) is 14.9 Å². The number of nitriles is 1. The van der Waals surface area contributed by atoms with Gasteiger partial charge in [0.1, 0.15) is 6.67 Å². The quantitative estimate of drug-likeness (QED) is 0.615. The van der Waals surface area contributed by atoms with Crippen LogP contribution in [0.25, 0.3) is 0 Å². The van der Waals surface area contributed by atoms with E-state index in [9.17, 15) is 17.6 Å². The number of nitrogens with zero attached hydrogens (tertiary/aromatic N) is 2. The van der Waals surface area contributed by atoms with E-state index in [0.29, 0.717) is 3.57 Å². The Balaban J connectivity index is 3.24. The van der Waals surface area contributed by atoms with E-state index in [1.54, 1.807) is 28.7 Å². The molecule has 3 nitrogen and oxygen atoms in total. The molecule has 0 aliphatic heterocycles. The maximum atomic E-state index is 12.7. The molecule has 1 rings (SSSR count). The van der Waals surface area contributed by atoms with Gasteiger partial charge in [0.2, 0.25) is 5.88 Å². The predicted octanol–water partition coefficient (Wildman–Crippen LogP) is 3.12. The molecule has 17 heavy (non-hydrogen) atoms. The first kappa shape index (κ1) is 14.0. The van der Waals surface area contributed by atoms with E-state index in [4.69, 9.17) is 5.26 Å². The Bertz CT molecular complexity index is 456. The molecule has 0 unspecified atom stereocenters. The van der Waals surface area contributed by atoms with E-state index in [1.807, 2.05) is 0 Å². The van der Waals surface area contributed by atoms with Crippen molar-refractivity contribution in [2.75, 3.05) is 0 Å². The smallest absolute Gasteiger partial charge is 0.387 e. The zero-order valence-corrected chi connectivity index (χ0v) is 10.3. The van der Waals surface area contributed by atoms with Crippen LogP contribution in [-0.4, -0.2) is 11.3 Å². The summed E-state index contributed by atoms with van der Waals surface area (Å²) in [6.45, 7) is -1.17. The number of aromatic nitrogens is 1. The van der Waals surface area contributed by atoms with Gasteiger partial charge in [-0.2, -0.15) is 5.26 Å². The van der Waals surface area contributed by atoms with Gasteiger partial charge in [0.15, 0.2) is 0 Å². The summed E-state index contributed by atoms with van der Waals surface area (Å²) in [7, 11) is 0. The molecule has 0 aliphatic rings. The molecule has 0 aliphatic carbocycles. The first-order valence-corrected chi connectivity index (χ1v) is 5.31. The maximum Gasteiger partial charge on any atom is 0.574 e. The summed E-state index contributed by atoms with van der Waals surface area (Å²) < 4.78 is 52.8. The van der Waals surface area contributed by atoms with Crippen LogP contribution in [0.15, 0.2) is 6.20 Å². The van der Waals surface area contributed by atoms with Gasteiger partial charge in [-0.1, -0.05) is 0 Å². The third kappa shape index (κ3) is 3.69. The molecule has 0 saturated heterocycles. The van der Waals surface area contributed by atoms with Crippen molar-refractivity contribution in [3.05, 3.63) is 20.9 Å². The van der Waals surface area contributed by atoms with Crippen molar-refractivity contribution in [2.45, 2.75) is 19.5 Å². The van der Waals surface area contributed by atoms with Crippen molar-refractivity contribution in [3.63, 3.8) is 0 Å². The molecule has 1 aromatic rings. The molecule has 8 heteroatoms. The average Bonchev–Trinajstić information content (AvgIpc) is 2.21. The fourth-order valence-corrected chi connectivity index (χ4v) is 1.81. The molecule has 0 atom stereocenters. The fourth-order valence-electron chi connectivity index (χ4n) is 1.15. The fraction of sp³-hybridized carbons (Fsp3) is 0.333. The van der Waals surface area contributed by atoms with Gasteiger partial charge in [-0.25, -0.2) is 9.37 Å². The van der Waals surface area contributed by atoms with Crippen LogP contribution in [0.3, 0.4) is 0 Å². The van der Waals surface area contributed by atoms with Gasteiger partial charge >= 0.3 is 6.36 Å². The summed E-state index contributed by atoms with van der Waals surface area (Å²) in [6, 6.07) is 1.75. The third-order valence-electron chi connectivity index (χ3n) is 1.81. The number of pyridine rings is 1. The van der Waals surface area contributed by atoms with E-state index >= 15 is 0 Å². The molecule has 0 fully saturated rings. The zero-order chi connectivity index (χ0) is 13.1. The van der Waals surface area contributed by atoms with Crippen molar-refractivity contribution in [2.24, 2.45) is 0 Å². The van der Waals surface area contributed by atoms with Crippen molar-refractivity contribution in [1.82, 2.24) is 4.98 Å². The number of hydrogen-bond acceptors (Lipinski definition) is 3. The molecule has 0 amide bonds. The second-order valence-corrected chi connectivity index (χ2v) is 4.05. The summed E-state index contributed by atoms with van der Waals surface area (Å²) in [5, 5.41) is 8.53. The minimum Gasteiger partial charge on any atom is -0.387 e. The Morgan fingerprint density at radius 2 is 2.06 bits per heavy atom. The predicted molar refractivity (Wildman–Crippen MR) is 57.8 cm³/mol. The van der Waals surface area contributed by atoms with E-state index in [-0.39, 0.29) is 17.5 Å². The number of ether oxygens (including phenoxy) is 1. The molecule has 0 N–H and O–H groups in total. The van der Waals surface area contributed by atoms with E-state index < -0.39 is 18.9 Å². The molecular weight excluding hydrogens is 355 g/mol. The molecule has 92 valence electrons. The summed E-state index contributed by atoms with van der Waals surface area (Å²) >= 11 is 1.77. The van der Waals surface area contributed by atoms with Crippen molar-refractivity contribution < 1.29 is 22.3 Å². The van der Waals surface area contributed by atoms with E-state index in [2.05, 4.69) is 9.72 Å². The molecule has 0 radical (unpaired) electrons. The Morgan fingerprint density at radius 3 is 2.53 bits per heavy atom. The largest absolute Gasteiger partial charge is 0.574 e. The van der Waals surface area contributed by atoms with Crippen LogP contribution < -0.4 is 4.74 Å². The lowest BCUT2D eigenvalue weighted by atomic mass is 10.1. The highest BCUT2D eigenvalue weighted by atomic mass is 127. The van der Waals surface area contributed by atoms with E-state index in [1.165, 1.54) is 0 Å². The van der Waals surface area contributed by atoms with Gasteiger partial charge < -0.3 is 4.74 Å². The van der Waals surface area contributed by atoms with Gasteiger partial charge in [0.05, 0.1) is 18.1 Å². The lowest BCUT2D eigenvalue weighted by Gasteiger charge is -2.13. The molecule has 1 aromatic heterocycles. The highest BCUT2D eigenvalue weighted by molar-refractivity contribution is 14.1. The lowest BCUT2D eigenvalue weighted by Crippen LogP contribution is -2.19. The first-order chi connectivity index (χ1) is 7.89. The van der Waals surface area contributed by atoms with E-state index in [0.717, 1.165) is 6.20 Å². The molecule has 0 saturated carbocycles. The van der Waals surface area contributed by atoms with Gasteiger partial charge in [-0.3, -0.25) is 0 Å². The number of alkyl halides is 4. The second kappa shape index (κ2) is 5.48. The zero-order valence-electron chi connectivity index (χ0n) is 8.18. The van der Waals surface area contributed by atoms with Crippen molar-refractivity contribution in [1.29, 1.82) is 5.26 Å². The normalized spacial score (nSPS) is 11.1. The molecular formula is C9H5F4IN2O. The summed E-state index contributed by atoms with van der Waals surface area (Å²) in [5.74, 6) is -0.842. The minimum atomic E-state index is -4.94. The van der Waals surface area contributed by atoms with Crippen molar-refractivity contribution in [3.8, 4) is 11.9 Å². The van der Waals surface area contributed by atoms with Crippen LogP contribution in [0.2, 0.25) is 0 Å². The minimum absolute atomic E-state index is 0.171. The van der Waals surface area contributed by atoms with Gasteiger partial charge in [0, 0.05) is 9.77 Å². The molecule has 1 heterocycles. The topological polar surface area (TPSA) is 45.9 Å². The SMILES string of the molecule is N#CCc1c(I)cnc(OC(F)(F)F)c1CF. The van der Waals surface area contributed by atoms with Gasteiger partial charge in [0.25, 0.3) is 0 Å². The first-order valence-electron chi connectivity index (χ1n) is 4.24. The van der Waals surface area contributed by atoms with Crippen LogP contribution in [0.5, 0.6) is 5.88 Å². The van der Waals surface area contributed by atoms with Gasteiger partial charge in [-0.15, -0.1) is 13.2 Å². The van der Waals surface area contributed by atoms with Crippen molar-refractivity contribution >= 4 is 22.6 Å². The highest BCUT2D eigenvalue weighted by Gasteiger charge is 2.33. The number of hydrogen-bond donors (Lipinski definition) is 0. The van der Waals surface area contributed by atoms with Crippen LogP contribution in [0.4, 0.5) is 17.6 Å². The maximum absolute atomic E-state index is 12.7. The number of halogens is 5. The summed E-state index contributed by atoms with van der Waals surface area (Å²) in [4.78, 5) is 3.38. The molecule has 0 aromatic carbocycles. The summed E-state index contributed by atoms with van der Waals surface area (Å²) in [5.41, 5.74) is -0.166.